The lowest BCUT2D eigenvalue weighted by Gasteiger charge is -2.18. The topological polar surface area (TPSA) is 93.4 Å². The molecular weight excluding hydrogens is 348 g/mol. The average Bonchev–Trinajstić information content (AvgIpc) is 3.11. The van der Waals surface area contributed by atoms with Crippen LogP contribution in [0.1, 0.15) is 17.7 Å². The zero-order valence-corrected chi connectivity index (χ0v) is 16.0. The monoisotopic (exact) mass is 372 g/mol. The summed E-state index contributed by atoms with van der Waals surface area (Å²) in [5, 5.41) is 8.14. The van der Waals surface area contributed by atoms with E-state index in [2.05, 4.69) is 15.2 Å². The van der Waals surface area contributed by atoms with Gasteiger partial charge < -0.3 is 14.5 Å². The number of amides is 1. The van der Waals surface area contributed by atoms with E-state index in [0.717, 1.165) is 5.82 Å². The standard InChI is InChI=1S/C18H24N6O3/c1-12-13(2)19-11-24(18(12)26)10-17(25)23-8-7-14(9-23)27-16-6-5-15(20-21-16)22(3)4/h5-6,11,14H,7-10H2,1-4H3. The molecule has 0 aliphatic carbocycles. The van der Waals surface area contributed by atoms with Gasteiger partial charge in [-0.15, -0.1) is 10.2 Å². The second-order valence-electron chi connectivity index (χ2n) is 6.88. The Bertz CT molecular complexity index is 878. The highest BCUT2D eigenvalue weighted by Gasteiger charge is 2.28. The molecule has 2 aromatic rings. The first kappa shape index (κ1) is 18.8. The summed E-state index contributed by atoms with van der Waals surface area (Å²) in [7, 11) is 3.78. The first-order valence-electron chi connectivity index (χ1n) is 8.83. The molecule has 0 N–H and O–H groups in total. The molecule has 1 atom stereocenters. The van der Waals surface area contributed by atoms with E-state index < -0.39 is 0 Å². The summed E-state index contributed by atoms with van der Waals surface area (Å²) in [6, 6.07) is 3.60. The number of carbonyl (C=O) groups is 1. The van der Waals surface area contributed by atoms with E-state index in [1.807, 2.05) is 25.1 Å². The van der Waals surface area contributed by atoms with Crippen LogP contribution in [-0.2, 0) is 11.3 Å². The molecule has 2 aromatic heterocycles. The number of anilines is 1. The number of rotatable bonds is 5. The van der Waals surface area contributed by atoms with Crippen LogP contribution in [0.4, 0.5) is 5.82 Å². The van der Waals surface area contributed by atoms with Crippen LogP contribution in [0.5, 0.6) is 5.88 Å². The Hall–Kier alpha value is -2.97. The van der Waals surface area contributed by atoms with Gasteiger partial charge in [0.05, 0.1) is 12.9 Å². The fourth-order valence-electron chi connectivity index (χ4n) is 2.87. The highest BCUT2D eigenvalue weighted by Crippen LogP contribution is 2.17. The summed E-state index contributed by atoms with van der Waals surface area (Å²) in [5.41, 5.74) is 1.06. The zero-order chi connectivity index (χ0) is 19.6. The molecule has 1 aliphatic rings. The third-order valence-corrected chi connectivity index (χ3v) is 4.69. The van der Waals surface area contributed by atoms with Gasteiger partial charge in [-0.25, -0.2) is 4.98 Å². The molecule has 1 aliphatic heterocycles. The molecule has 1 fully saturated rings. The van der Waals surface area contributed by atoms with Crippen molar-refractivity contribution < 1.29 is 9.53 Å². The SMILES string of the molecule is Cc1ncn(CC(=O)N2CCC(Oc3ccc(N(C)C)nn3)C2)c(=O)c1C. The number of aryl methyl sites for hydroxylation is 1. The van der Waals surface area contributed by atoms with Crippen LogP contribution in [0, 0.1) is 13.8 Å². The summed E-state index contributed by atoms with van der Waals surface area (Å²) in [6.07, 6.45) is 2.00. The molecule has 3 heterocycles. The maximum absolute atomic E-state index is 12.5. The van der Waals surface area contributed by atoms with Gasteiger partial charge in [0.15, 0.2) is 5.82 Å². The number of hydrogen-bond donors (Lipinski definition) is 0. The molecular formula is C18H24N6O3. The minimum atomic E-state index is -0.181. The number of hydrogen-bond acceptors (Lipinski definition) is 7. The van der Waals surface area contributed by atoms with Gasteiger partial charge in [0.1, 0.15) is 12.6 Å². The van der Waals surface area contributed by atoms with Crippen LogP contribution < -0.4 is 15.2 Å². The lowest BCUT2D eigenvalue weighted by atomic mass is 10.3. The molecule has 27 heavy (non-hydrogen) atoms. The minimum Gasteiger partial charge on any atom is -0.471 e. The zero-order valence-electron chi connectivity index (χ0n) is 16.0. The van der Waals surface area contributed by atoms with Crippen molar-refractivity contribution in [3.8, 4) is 5.88 Å². The molecule has 0 bridgehead atoms. The van der Waals surface area contributed by atoms with Gasteiger partial charge in [0.2, 0.25) is 11.8 Å². The van der Waals surface area contributed by atoms with Crippen molar-refractivity contribution in [1.82, 2.24) is 24.6 Å². The van der Waals surface area contributed by atoms with Gasteiger partial charge in [0.25, 0.3) is 5.56 Å². The summed E-state index contributed by atoms with van der Waals surface area (Å²) in [5.74, 6) is 1.06. The van der Waals surface area contributed by atoms with Gasteiger partial charge in [-0.3, -0.25) is 14.2 Å². The van der Waals surface area contributed by atoms with Crippen molar-refractivity contribution in [2.45, 2.75) is 32.9 Å². The Morgan fingerprint density at radius 1 is 1.30 bits per heavy atom. The van der Waals surface area contributed by atoms with Crippen LogP contribution in [0.2, 0.25) is 0 Å². The number of aromatic nitrogens is 4. The molecule has 1 amide bonds. The van der Waals surface area contributed by atoms with Gasteiger partial charge in [-0.05, 0) is 19.9 Å². The fraction of sp³-hybridized carbons (Fsp3) is 0.500. The van der Waals surface area contributed by atoms with Crippen LogP contribution in [-0.4, -0.2) is 63.8 Å². The van der Waals surface area contributed by atoms with Crippen molar-refractivity contribution in [3.63, 3.8) is 0 Å². The first-order chi connectivity index (χ1) is 12.8. The van der Waals surface area contributed by atoms with Crippen molar-refractivity contribution in [3.05, 3.63) is 40.1 Å². The first-order valence-corrected chi connectivity index (χ1v) is 8.83. The molecule has 9 heteroatoms. The van der Waals surface area contributed by atoms with Crippen molar-refractivity contribution in [2.24, 2.45) is 0 Å². The predicted octanol–water partition coefficient (Wildman–Crippen LogP) is 0.396. The number of nitrogens with zero attached hydrogens (tertiary/aromatic N) is 6. The quantitative estimate of drug-likeness (QED) is 0.750. The normalized spacial score (nSPS) is 16.4. The Morgan fingerprint density at radius 3 is 2.74 bits per heavy atom. The van der Waals surface area contributed by atoms with Crippen molar-refractivity contribution in [1.29, 1.82) is 0 Å². The lowest BCUT2D eigenvalue weighted by molar-refractivity contribution is -0.131. The average molecular weight is 372 g/mol. The van der Waals surface area contributed by atoms with E-state index in [1.54, 1.807) is 24.8 Å². The number of carbonyl (C=O) groups excluding carboxylic acids is 1. The maximum atomic E-state index is 12.5. The molecule has 9 nitrogen and oxygen atoms in total. The van der Waals surface area contributed by atoms with E-state index >= 15 is 0 Å². The highest BCUT2D eigenvalue weighted by atomic mass is 16.5. The van der Waals surface area contributed by atoms with E-state index in [4.69, 9.17) is 4.74 Å². The number of ether oxygens (including phenoxy) is 1. The molecule has 0 radical (unpaired) electrons. The van der Waals surface area contributed by atoms with E-state index in [9.17, 15) is 9.59 Å². The summed E-state index contributed by atoms with van der Waals surface area (Å²) >= 11 is 0. The summed E-state index contributed by atoms with van der Waals surface area (Å²) in [6.45, 7) is 4.52. The molecule has 0 aromatic carbocycles. The fourth-order valence-corrected chi connectivity index (χ4v) is 2.87. The Kier molecular flexibility index (Phi) is 5.38. The number of likely N-dealkylation sites (tertiary alicyclic amines) is 1. The van der Waals surface area contributed by atoms with Crippen LogP contribution in [0.15, 0.2) is 23.3 Å². The molecule has 144 valence electrons. The maximum Gasteiger partial charge on any atom is 0.256 e. The Morgan fingerprint density at radius 2 is 2.07 bits per heavy atom. The van der Waals surface area contributed by atoms with Crippen molar-refractivity contribution in [2.75, 3.05) is 32.1 Å². The molecule has 1 unspecified atom stereocenters. The molecule has 0 saturated carbocycles. The molecule has 0 spiro atoms. The van der Waals surface area contributed by atoms with Gasteiger partial charge in [-0.1, -0.05) is 0 Å². The Labute approximate surface area is 157 Å². The summed E-state index contributed by atoms with van der Waals surface area (Å²) in [4.78, 5) is 32.5. The summed E-state index contributed by atoms with van der Waals surface area (Å²) < 4.78 is 7.18. The minimum absolute atomic E-state index is 0.0169. The third-order valence-electron chi connectivity index (χ3n) is 4.69. The highest BCUT2D eigenvalue weighted by molar-refractivity contribution is 5.76. The third kappa shape index (κ3) is 4.24. The van der Waals surface area contributed by atoms with Crippen LogP contribution >= 0.6 is 0 Å². The van der Waals surface area contributed by atoms with Gasteiger partial charge in [-0.2, -0.15) is 0 Å². The van der Waals surface area contributed by atoms with Crippen molar-refractivity contribution >= 4 is 11.7 Å². The van der Waals surface area contributed by atoms with E-state index in [-0.39, 0.29) is 24.1 Å². The smallest absolute Gasteiger partial charge is 0.256 e. The van der Waals surface area contributed by atoms with Gasteiger partial charge >= 0.3 is 0 Å². The Balaban J connectivity index is 1.58. The van der Waals surface area contributed by atoms with Gasteiger partial charge in [0, 0.05) is 44.4 Å². The van der Waals surface area contributed by atoms with E-state index in [1.165, 1.54) is 10.9 Å². The largest absolute Gasteiger partial charge is 0.471 e. The second kappa shape index (κ2) is 7.73. The van der Waals surface area contributed by atoms with E-state index in [0.29, 0.717) is 36.6 Å². The predicted molar refractivity (Wildman–Crippen MR) is 99.9 cm³/mol. The lowest BCUT2D eigenvalue weighted by Crippen LogP contribution is -2.37. The molecule has 3 rings (SSSR count). The molecule has 1 saturated heterocycles. The second-order valence-corrected chi connectivity index (χ2v) is 6.88. The van der Waals surface area contributed by atoms with Crippen LogP contribution in [0.25, 0.3) is 0 Å². The van der Waals surface area contributed by atoms with Crippen LogP contribution in [0.3, 0.4) is 0 Å².